The molecule has 0 spiro atoms. The molecule has 3 aromatic heterocycles. The molecule has 0 aromatic carbocycles. The minimum atomic E-state index is 0.375. The molecule has 0 radical (unpaired) electrons. The molecule has 28 heavy (non-hydrogen) atoms. The number of pyridine rings is 2. The number of hydrogen-bond acceptors (Lipinski definition) is 7. The van der Waals surface area contributed by atoms with Gasteiger partial charge in [-0.3, -0.25) is 9.98 Å². The predicted octanol–water partition coefficient (Wildman–Crippen LogP) is 3.99. The number of hydrogen-bond donors (Lipinski definition) is 2. The van der Waals surface area contributed by atoms with Crippen molar-refractivity contribution in [2.24, 2.45) is 10.7 Å². The summed E-state index contributed by atoms with van der Waals surface area (Å²) in [6, 6.07) is 5.81. The summed E-state index contributed by atoms with van der Waals surface area (Å²) in [7, 11) is 1.72. The lowest BCUT2D eigenvalue weighted by atomic mass is 10.0. The molecule has 3 aromatic rings. The number of aryl methyl sites for hydroxylation is 1. The van der Waals surface area contributed by atoms with Crippen LogP contribution in [0.1, 0.15) is 43.4 Å². The Bertz CT molecular complexity index is 1060. The first-order chi connectivity index (χ1) is 13.4. The molecular weight excluding hydrogens is 350 g/mol. The van der Waals surface area contributed by atoms with Crippen molar-refractivity contribution < 1.29 is 0 Å². The minimum absolute atomic E-state index is 0.375. The van der Waals surface area contributed by atoms with Crippen molar-refractivity contribution in [3.8, 4) is 0 Å². The van der Waals surface area contributed by atoms with Crippen LogP contribution in [0, 0.1) is 6.92 Å². The lowest BCUT2D eigenvalue weighted by Gasteiger charge is -2.12. The molecular formula is C21H25N7. The number of aliphatic imine (C=N–C) groups is 1. The van der Waals surface area contributed by atoms with Crippen LogP contribution in [0.2, 0.25) is 0 Å². The van der Waals surface area contributed by atoms with E-state index in [1.165, 1.54) is 0 Å². The monoisotopic (exact) mass is 375 g/mol. The van der Waals surface area contributed by atoms with E-state index in [2.05, 4.69) is 39.3 Å². The summed E-state index contributed by atoms with van der Waals surface area (Å²) in [6.07, 6.45) is 5.35. The molecule has 0 bridgehead atoms. The lowest BCUT2D eigenvalue weighted by molar-refractivity contribution is 0.843. The Kier molecular flexibility index (Phi) is 5.63. The average Bonchev–Trinajstić information content (AvgIpc) is 2.67. The quantitative estimate of drug-likeness (QED) is 0.654. The normalized spacial score (nSPS) is 12.6. The molecule has 0 saturated carbocycles. The number of nitrogens with zero attached hydrogens (tertiary/aromatic N) is 5. The maximum Gasteiger partial charge on any atom is 0.154 e. The molecule has 144 valence electrons. The van der Waals surface area contributed by atoms with Crippen molar-refractivity contribution >= 4 is 34.5 Å². The predicted molar refractivity (Wildman–Crippen MR) is 115 cm³/mol. The molecule has 0 atom stereocenters. The smallest absolute Gasteiger partial charge is 0.154 e. The molecule has 3 N–H and O–H groups in total. The highest BCUT2D eigenvalue weighted by atomic mass is 15.2. The van der Waals surface area contributed by atoms with Gasteiger partial charge in [0, 0.05) is 36.3 Å². The fraction of sp³-hybridized carbons (Fsp3) is 0.286. The van der Waals surface area contributed by atoms with Crippen LogP contribution in [-0.2, 0) is 0 Å². The molecule has 0 aliphatic rings. The zero-order valence-electron chi connectivity index (χ0n) is 16.9. The summed E-state index contributed by atoms with van der Waals surface area (Å²) < 4.78 is 0. The van der Waals surface area contributed by atoms with Gasteiger partial charge in [0.05, 0.1) is 17.2 Å². The number of nitrogens with two attached hydrogens (primary N) is 1. The first-order valence-corrected chi connectivity index (χ1v) is 9.15. The van der Waals surface area contributed by atoms with Crippen LogP contribution in [0.15, 0.2) is 41.3 Å². The number of rotatable bonds is 5. The molecule has 7 heteroatoms. The maximum atomic E-state index is 6.05. The Morgan fingerprint density at radius 2 is 2.00 bits per heavy atom. The summed E-state index contributed by atoms with van der Waals surface area (Å²) >= 11 is 0. The van der Waals surface area contributed by atoms with Crippen LogP contribution in [-0.4, -0.2) is 33.4 Å². The van der Waals surface area contributed by atoms with Gasteiger partial charge in [-0.2, -0.15) is 5.10 Å². The number of anilines is 2. The summed E-state index contributed by atoms with van der Waals surface area (Å²) in [5.74, 6) is 1.72. The van der Waals surface area contributed by atoms with Crippen LogP contribution in [0.5, 0.6) is 0 Å². The Hall–Kier alpha value is -3.35. The van der Waals surface area contributed by atoms with E-state index in [9.17, 15) is 0 Å². The van der Waals surface area contributed by atoms with Gasteiger partial charge in [-0.1, -0.05) is 13.8 Å². The molecule has 0 aliphatic carbocycles. The molecule has 3 rings (SSSR count). The molecule has 0 saturated heterocycles. The Balaban J connectivity index is 2.04. The van der Waals surface area contributed by atoms with Crippen molar-refractivity contribution in [2.75, 3.05) is 12.4 Å². The first-order valence-electron chi connectivity index (χ1n) is 9.15. The zero-order valence-corrected chi connectivity index (χ0v) is 16.9. The lowest BCUT2D eigenvalue weighted by Crippen LogP contribution is -2.04. The Morgan fingerprint density at radius 1 is 1.21 bits per heavy atom. The number of nitrogens with one attached hydrogen (secondary N) is 1. The van der Waals surface area contributed by atoms with Crippen molar-refractivity contribution in [1.29, 1.82) is 0 Å². The van der Waals surface area contributed by atoms with E-state index in [4.69, 9.17) is 10.7 Å². The van der Waals surface area contributed by atoms with E-state index in [-0.39, 0.29) is 0 Å². The van der Waals surface area contributed by atoms with Gasteiger partial charge >= 0.3 is 0 Å². The van der Waals surface area contributed by atoms with E-state index >= 15 is 0 Å². The van der Waals surface area contributed by atoms with Crippen LogP contribution < -0.4 is 11.1 Å². The van der Waals surface area contributed by atoms with Crippen LogP contribution in [0.25, 0.3) is 16.6 Å². The second-order valence-corrected chi connectivity index (χ2v) is 7.00. The van der Waals surface area contributed by atoms with E-state index in [0.29, 0.717) is 23.3 Å². The van der Waals surface area contributed by atoms with Gasteiger partial charge in [0.15, 0.2) is 5.82 Å². The Morgan fingerprint density at radius 3 is 2.68 bits per heavy atom. The average molecular weight is 375 g/mol. The highest BCUT2D eigenvalue weighted by Gasteiger charge is 2.12. The summed E-state index contributed by atoms with van der Waals surface area (Å²) in [5.41, 5.74) is 12.2. The van der Waals surface area contributed by atoms with E-state index in [1.807, 2.05) is 38.2 Å². The second kappa shape index (κ2) is 8.12. The van der Waals surface area contributed by atoms with E-state index in [1.54, 1.807) is 19.5 Å². The highest BCUT2D eigenvalue weighted by molar-refractivity contribution is 6.12. The number of allylic oxidation sites excluding steroid dienone is 2. The van der Waals surface area contributed by atoms with Gasteiger partial charge in [0.1, 0.15) is 5.82 Å². The van der Waals surface area contributed by atoms with Gasteiger partial charge in [0.25, 0.3) is 0 Å². The van der Waals surface area contributed by atoms with Crippen molar-refractivity contribution in [1.82, 2.24) is 20.2 Å². The van der Waals surface area contributed by atoms with Gasteiger partial charge in [-0.25, -0.2) is 4.98 Å². The fourth-order valence-electron chi connectivity index (χ4n) is 2.93. The second-order valence-electron chi connectivity index (χ2n) is 7.00. The molecule has 0 aliphatic heterocycles. The summed E-state index contributed by atoms with van der Waals surface area (Å²) in [4.78, 5) is 13.4. The number of aromatic nitrogens is 4. The van der Waals surface area contributed by atoms with E-state index in [0.717, 1.165) is 33.3 Å². The third-order valence-corrected chi connectivity index (χ3v) is 4.54. The Labute approximate surface area is 164 Å². The summed E-state index contributed by atoms with van der Waals surface area (Å²) in [6.45, 7) is 8.11. The van der Waals surface area contributed by atoms with Gasteiger partial charge in [0.2, 0.25) is 0 Å². The minimum Gasteiger partial charge on any atom is -0.402 e. The van der Waals surface area contributed by atoms with Gasteiger partial charge < -0.3 is 11.1 Å². The van der Waals surface area contributed by atoms with Crippen molar-refractivity contribution in [3.05, 3.63) is 53.0 Å². The summed E-state index contributed by atoms with van der Waals surface area (Å²) in [5, 5.41) is 11.5. The topological polar surface area (TPSA) is 102 Å². The third kappa shape index (κ3) is 3.98. The molecule has 0 unspecified atom stereocenters. The highest BCUT2D eigenvalue weighted by Crippen LogP contribution is 2.26. The van der Waals surface area contributed by atoms with Gasteiger partial charge in [-0.05, 0) is 49.1 Å². The van der Waals surface area contributed by atoms with Crippen molar-refractivity contribution in [3.63, 3.8) is 0 Å². The molecule has 0 fully saturated rings. The zero-order chi connectivity index (χ0) is 20.3. The first kappa shape index (κ1) is 19.4. The fourth-order valence-corrected chi connectivity index (χ4v) is 2.93. The third-order valence-electron chi connectivity index (χ3n) is 4.54. The maximum absolute atomic E-state index is 6.05. The standard InChI is InChI=1S/C21H25N7/c1-12(2)15-8-20(28-25-9-15)26-19-7-6-18-21(27-19)13(3)16(11-24-18)17(10-23-5)14(4)22/h6-12H,22H2,1-5H3,(H,26,27,28). The molecule has 7 nitrogen and oxygen atoms in total. The number of fused-ring (bicyclic) bond motifs is 1. The van der Waals surface area contributed by atoms with Crippen molar-refractivity contribution in [2.45, 2.75) is 33.6 Å². The molecule has 0 amide bonds. The molecule has 3 heterocycles. The van der Waals surface area contributed by atoms with Crippen LogP contribution in [0.3, 0.4) is 0 Å². The van der Waals surface area contributed by atoms with Crippen LogP contribution in [0.4, 0.5) is 11.6 Å². The SMILES string of the molecule is CN=CC(=C(C)N)c1cnc2ccc(Nc3cc(C(C)C)cnn3)nc2c1C. The van der Waals surface area contributed by atoms with Gasteiger partial charge in [-0.15, -0.1) is 5.10 Å². The van der Waals surface area contributed by atoms with E-state index < -0.39 is 0 Å². The van der Waals surface area contributed by atoms with Crippen LogP contribution >= 0.6 is 0 Å². The largest absolute Gasteiger partial charge is 0.402 e.